The normalized spacial score (nSPS) is 9.62. The molecule has 1 aromatic carbocycles. The number of imide groups is 1. The first-order valence-corrected chi connectivity index (χ1v) is 6.45. The smallest absolute Gasteiger partial charge is 0.308 e. The monoisotopic (exact) mass is 348 g/mol. The first kappa shape index (κ1) is 13.2. The van der Waals surface area contributed by atoms with Crippen LogP contribution in [0.4, 0.5) is 10.5 Å². The average molecular weight is 350 g/mol. The number of hydrogen-bond acceptors (Lipinski definition) is 2. The van der Waals surface area contributed by atoms with E-state index in [1.165, 1.54) is 0 Å². The number of alkyl halides is 1. The predicted molar refractivity (Wildman–Crippen MR) is 69.7 cm³/mol. The van der Waals surface area contributed by atoms with Crippen molar-refractivity contribution < 1.29 is 9.59 Å². The lowest BCUT2D eigenvalue weighted by Crippen LogP contribution is -2.34. The lowest BCUT2D eigenvalue weighted by molar-refractivity contribution is -0.119. The number of rotatable bonds is 3. The molecular weight excluding hydrogens is 340 g/mol. The Labute approximate surface area is 110 Å². The van der Waals surface area contributed by atoms with Crippen LogP contribution >= 0.6 is 31.9 Å². The van der Waals surface area contributed by atoms with Crippen LogP contribution < -0.4 is 10.6 Å². The summed E-state index contributed by atoms with van der Waals surface area (Å²) in [5.74, 6) is -0.313. The van der Waals surface area contributed by atoms with Crippen LogP contribution in [-0.4, -0.2) is 17.3 Å². The maximum absolute atomic E-state index is 11.3. The molecule has 0 aliphatic heterocycles. The minimum absolute atomic E-state index is 0.272. The van der Waals surface area contributed by atoms with E-state index in [-0.39, 0.29) is 12.3 Å². The first-order chi connectivity index (χ1) is 7.61. The average Bonchev–Trinajstić information content (AvgIpc) is 2.21. The van der Waals surface area contributed by atoms with Crippen molar-refractivity contribution in [1.82, 2.24) is 5.32 Å². The third-order valence-electron chi connectivity index (χ3n) is 1.68. The number of hydrogen-bond donors (Lipinski definition) is 2. The molecule has 0 saturated carbocycles. The molecule has 0 bridgehead atoms. The van der Waals surface area contributed by atoms with Crippen LogP contribution in [0.1, 0.15) is 6.42 Å². The van der Waals surface area contributed by atoms with Crippen molar-refractivity contribution in [1.29, 1.82) is 0 Å². The highest BCUT2D eigenvalue weighted by Gasteiger charge is 2.06. The molecule has 0 atom stereocenters. The third-order valence-corrected chi connectivity index (χ3v) is 2.60. The molecule has 0 radical (unpaired) electrons. The van der Waals surface area contributed by atoms with Gasteiger partial charge in [-0.1, -0.05) is 31.9 Å². The quantitative estimate of drug-likeness (QED) is 0.824. The number of nitrogens with one attached hydrogen (secondary N) is 2. The summed E-state index contributed by atoms with van der Waals surface area (Å²) in [5.41, 5.74) is 0.632. The number of amides is 3. The maximum Gasteiger partial charge on any atom is 0.325 e. The largest absolute Gasteiger partial charge is 0.325 e. The van der Waals surface area contributed by atoms with Crippen molar-refractivity contribution in [2.24, 2.45) is 0 Å². The summed E-state index contributed by atoms with van der Waals surface area (Å²) in [4.78, 5) is 22.4. The molecule has 16 heavy (non-hydrogen) atoms. The second-order valence-corrected chi connectivity index (χ2v) is 4.66. The molecule has 0 saturated heterocycles. The van der Waals surface area contributed by atoms with Gasteiger partial charge in [-0.15, -0.1) is 0 Å². The van der Waals surface area contributed by atoms with E-state index < -0.39 is 6.03 Å². The van der Waals surface area contributed by atoms with Crippen LogP contribution in [0.25, 0.3) is 0 Å². The summed E-state index contributed by atoms with van der Waals surface area (Å²) in [6.45, 7) is 0. The topological polar surface area (TPSA) is 58.2 Å². The van der Waals surface area contributed by atoms with E-state index in [2.05, 4.69) is 42.5 Å². The van der Waals surface area contributed by atoms with Crippen molar-refractivity contribution in [3.8, 4) is 0 Å². The number of benzene rings is 1. The van der Waals surface area contributed by atoms with E-state index in [4.69, 9.17) is 0 Å². The van der Waals surface area contributed by atoms with Crippen LogP contribution in [-0.2, 0) is 4.79 Å². The number of carbonyl (C=O) groups is 2. The molecule has 4 nitrogen and oxygen atoms in total. The highest BCUT2D eigenvalue weighted by Crippen LogP contribution is 2.13. The van der Waals surface area contributed by atoms with Crippen molar-refractivity contribution in [3.63, 3.8) is 0 Å². The Bertz CT molecular complexity index is 379. The third kappa shape index (κ3) is 4.76. The first-order valence-electron chi connectivity index (χ1n) is 4.54. The van der Waals surface area contributed by atoms with Crippen LogP contribution in [0.15, 0.2) is 28.7 Å². The fraction of sp³-hybridized carbons (Fsp3) is 0.200. The lowest BCUT2D eigenvalue weighted by Gasteiger charge is -2.05. The van der Waals surface area contributed by atoms with E-state index >= 15 is 0 Å². The minimum atomic E-state index is -0.520. The summed E-state index contributed by atoms with van der Waals surface area (Å²) in [5, 5.41) is 5.30. The summed E-state index contributed by atoms with van der Waals surface area (Å²) in [6.07, 6.45) is 0.272. The molecule has 0 aliphatic rings. The SMILES string of the molecule is O=C(CCBr)NC(=O)Nc1ccc(Br)cc1. The molecule has 0 aromatic heterocycles. The molecule has 3 amide bonds. The Morgan fingerprint density at radius 3 is 2.38 bits per heavy atom. The summed E-state index contributed by atoms with van der Waals surface area (Å²) in [7, 11) is 0. The van der Waals surface area contributed by atoms with Gasteiger partial charge in [0.05, 0.1) is 0 Å². The highest BCUT2D eigenvalue weighted by molar-refractivity contribution is 9.10. The molecule has 2 N–H and O–H groups in total. The maximum atomic E-state index is 11.3. The molecule has 0 unspecified atom stereocenters. The van der Waals surface area contributed by atoms with Crippen molar-refractivity contribution in [2.45, 2.75) is 6.42 Å². The Kier molecular flexibility index (Phi) is 5.48. The Hall–Kier alpha value is -0.880. The van der Waals surface area contributed by atoms with Gasteiger partial charge in [0, 0.05) is 21.9 Å². The Morgan fingerprint density at radius 2 is 1.81 bits per heavy atom. The van der Waals surface area contributed by atoms with Crippen LogP contribution in [0.5, 0.6) is 0 Å². The van der Waals surface area contributed by atoms with E-state index in [1.807, 2.05) is 0 Å². The van der Waals surface area contributed by atoms with E-state index in [0.29, 0.717) is 11.0 Å². The van der Waals surface area contributed by atoms with Gasteiger partial charge >= 0.3 is 6.03 Å². The molecule has 0 spiro atoms. The zero-order chi connectivity index (χ0) is 12.0. The molecule has 1 aromatic rings. The van der Waals surface area contributed by atoms with Gasteiger partial charge in [-0.25, -0.2) is 4.79 Å². The molecule has 86 valence electrons. The molecule has 0 aliphatic carbocycles. The highest BCUT2D eigenvalue weighted by atomic mass is 79.9. The predicted octanol–water partition coefficient (Wildman–Crippen LogP) is 2.88. The van der Waals surface area contributed by atoms with E-state index in [0.717, 1.165) is 4.47 Å². The van der Waals surface area contributed by atoms with Gasteiger partial charge in [0.2, 0.25) is 5.91 Å². The van der Waals surface area contributed by atoms with Crippen LogP contribution in [0.2, 0.25) is 0 Å². The lowest BCUT2D eigenvalue weighted by atomic mass is 10.3. The number of carbonyl (C=O) groups excluding carboxylic acids is 2. The number of anilines is 1. The van der Waals surface area contributed by atoms with Gasteiger partial charge in [-0.05, 0) is 24.3 Å². The summed E-state index contributed by atoms with van der Waals surface area (Å²) < 4.78 is 0.925. The number of halogens is 2. The molecule has 6 heteroatoms. The van der Waals surface area contributed by atoms with Gasteiger partial charge < -0.3 is 5.32 Å². The van der Waals surface area contributed by atoms with Crippen molar-refractivity contribution in [3.05, 3.63) is 28.7 Å². The molecular formula is C10H10Br2N2O2. The zero-order valence-electron chi connectivity index (χ0n) is 8.30. The van der Waals surface area contributed by atoms with Crippen molar-refractivity contribution >= 4 is 49.5 Å². The zero-order valence-corrected chi connectivity index (χ0v) is 11.5. The van der Waals surface area contributed by atoms with Gasteiger partial charge in [0.25, 0.3) is 0 Å². The fourth-order valence-corrected chi connectivity index (χ4v) is 1.59. The Balaban J connectivity index is 2.45. The van der Waals surface area contributed by atoms with Gasteiger partial charge in [0.15, 0.2) is 0 Å². The number of urea groups is 1. The van der Waals surface area contributed by atoms with Gasteiger partial charge in [-0.2, -0.15) is 0 Å². The second-order valence-electron chi connectivity index (χ2n) is 2.95. The molecule has 1 rings (SSSR count). The van der Waals surface area contributed by atoms with Crippen LogP contribution in [0.3, 0.4) is 0 Å². The van der Waals surface area contributed by atoms with Gasteiger partial charge in [0.1, 0.15) is 0 Å². The van der Waals surface area contributed by atoms with E-state index in [1.54, 1.807) is 24.3 Å². The molecule has 0 fully saturated rings. The van der Waals surface area contributed by atoms with Gasteiger partial charge in [-0.3, -0.25) is 10.1 Å². The second kappa shape index (κ2) is 6.65. The fourth-order valence-electron chi connectivity index (χ4n) is 0.971. The summed E-state index contributed by atoms with van der Waals surface area (Å²) >= 11 is 6.40. The van der Waals surface area contributed by atoms with E-state index in [9.17, 15) is 9.59 Å². The standard InChI is InChI=1S/C10H10Br2N2O2/c11-6-5-9(15)14-10(16)13-8-3-1-7(12)2-4-8/h1-4H,5-6H2,(H2,13,14,15,16). The minimum Gasteiger partial charge on any atom is -0.308 e. The van der Waals surface area contributed by atoms with Crippen LogP contribution in [0, 0.1) is 0 Å². The molecule has 0 heterocycles. The van der Waals surface area contributed by atoms with Crippen molar-refractivity contribution in [2.75, 3.05) is 10.6 Å². The summed E-state index contributed by atoms with van der Waals surface area (Å²) in [6, 6.07) is 6.55. The Morgan fingerprint density at radius 1 is 1.19 bits per heavy atom.